The van der Waals surface area contributed by atoms with Gasteiger partial charge in [0, 0.05) is 13.0 Å². The number of carbonyl (C=O) groups is 2. The fourth-order valence-corrected chi connectivity index (χ4v) is 3.33. The first-order valence-electron chi connectivity index (χ1n) is 8.93. The quantitative estimate of drug-likeness (QED) is 0.652. The Morgan fingerprint density at radius 3 is 2.92 bits per heavy atom. The van der Waals surface area contributed by atoms with Crippen LogP contribution in [0.1, 0.15) is 38.9 Å². The second-order valence-electron chi connectivity index (χ2n) is 7.16. The van der Waals surface area contributed by atoms with Gasteiger partial charge in [0.25, 0.3) is 0 Å². The molecule has 0 bridgehead atoms. The first-order valence-corrected chi connectivity index (χ1v) is 8.93. The molecule has 26 heavy (non-hydrogen) atoms. The van der Waals surface area contributed by atoms with E-state index >= 15 is 0 Å². The van der Waals surface area contributed by atoms with Crippen LogP contribution in [0.15, 0.2) is 51.7 Å². The van der Waals surface area contributed by atoms with Crippen molar-refractivity contribution in [2.24, 2.45) is 16.9 Å². The summed E-state index contributed by atoms with van der Waals surface area (Å²) in [5, 5.41) is 4.33. The average molecular weight is 355 g/mol. The number of rotatable bonds is 5. The molecule has 3 rings (SSSR count). The van der Waals surface area contributed by atoms with E-state index in [4.69, 9.17) is 4.42 Å². The lowest BCUT2D eigenvalue weighted by Gasteiger charge is -2.22. The molecule has 2 heterocycles. The first-order chi connectivity index (χ1) is 12.4. The Labute approximate surface area is 153 Å². The van der Waals surface area contributed by atoms with Crippen LogP contribution in [0.4, 0.5) is 0 Å². The number of likely N-dealkylation sites (tertiary alicyclic amines) is 1. The summed E-state index contributed by atoms with van der Waals surface area (Å²) < 4.78 is 5.28. The van der Waals surface area contributed by atoms with Crippen LogP contribution >= 0.6 is 0 Å². The van der Waals surface area contributed by atoms with Gasteiger partial charge in [0.05, 0.1) is 24.4 Å². The van der Waals surface area contributed by atoms with Crippen molar-refractivity contribution in [2.75, 3.05) is 6.54 Å². The third-order valence-electron chi connectivity index (χ3n) is 5.11. The molecule has 0 aromatic carbocycles. The predicted molar refractivity (Wildman–Crippen MR) is 99.1 cm³/mol. The monoisotopic (exact) mass is 355 g/mol. The van der Waals surface area contributed by atoms with Crippen molar-refractivity contribution in [1.82, 2.24) is 10.3 Å². The molecule has 2 amide bonds. The lowest BCUT2D eigenvalue weighted by atomic mass is 9.85. The van der Waals surface area contributed by atoms with Gasteiger partial charge in [-0.15, -0.1) is 0 Å². The normalized spacial score (nSPS) is 24.7. The van der Waals surface area contributed by atoms with Gasteiger partial charge in [-0.3, -0.25) is 9.59 Å². The molecule has 1 aromatic rings. The van der Waals surface area contributed by atoms with E-state index in [9.17, 15) is 9.59 Å². The number of allylic oxidation sites excluding steroid dienone is 3. The molecule has 1 saturated heterocycles. The Morgan fingerprint density at radius 2 is 2.23 bits per heavy atom. The predicted octanol–water partition coefficient (Wildman–Crippen LogP) is 3.03. The van der Waals surface area contributed by atoms with Crippen molar-refractivity contribution in [3.8, 4) is 0 Å². The van der Waals surface area contributed by atoms with Gasteiger partial charge in [-0.05, 0) is 50.3 Å². The van der Waals surface area contributed by atoms with Crippen LogP contribution in [0.5, 0.6) is 0 Å². The summed E-state index contributed by atoms with van der Waals surface area (Å²) in [5.41, 5.74) is 5.76. The molecule has 1 aliphatic heterocycles. The van der Waals surface area contributed by atoms with Crippen molar-refractivity contribution in [2.45, 2.75) is 39.7 Å². The van der Waals surface area contributed by atoms with Crippen LogP contribution in [-0.2, 0) is 16.1 Å². The van der Waals surface area contributed by atoms with E-state index in [1.54, 1.807) is 17.2 Å². The van der Waals surface area contributed by atoms with Gasteiger partial charge in [-0.1, -0.05) is 18.2 Å². The van der Waals surface area contributed by atoms with E-state index in [-0.39, 0.29) is 24.2 Å². The Bertz CT molecular complexity index is 761. The third-order valence-corrected chi connectivity index (χ3v) is 5.11. The van der Waals surface area contributed by atoms with Gasteiger partial charge < -0.3 is 9.32 Å². The fraction of sp³-hybridized carbons (Fsp3) is 0.450. The number of amides is 2. The average Bonchev–Trinajstić information content (AvgIpc) is 3.24. The maximum absolute atomic E-state index is 12.4. The Balaban J connectivity index is 1.58. The molecule has 1 N–H and O–H groups in total. The van der Waals surface area contributed by atoms with Crippen molar-refractivity contribution < 1.29 is 14.0 Å². The summed E-state index contributed by atoms with van der Waals surface area (Å²) in [6.45, 7) is 8.83. The van der Waals surface area contributed by atoms with Gasteiger partial charge in [0.15, 0.2) is 0 Å². The molecule has 2 atom stereocenters. The molecule has 1 aromatic heterocycles. The molecule has 6 heteroatoms. The number of nitrogens with zero attached hydrogens (tertiary/aromatic N) is 2. The molecule has 1 aliphatic carbocycles. The number of nitrogens with one attached hydrogen (secondary N) is 1. The van der Waals surface area contributed by atoms with Crippen molar-refractivity contribution >= 4 is 17.5 Å². The summed E-state index contributed by atoms with van der Waals surface area (Å²) in [7, 11) is 0. The van der Waals surface area contributed by atoms with Crippen LogP contribution in [0, 0.1) is 11.8 Å². The fourth-order valence-electron chi connectivity index (χ4n) is 3.33. The zero-order valence-electron chi connectivity index (χ0n) is 15.3. The summed E-state index contributed by atoms with van der Waals surface area (Å²) in [6.07, 6.45) is 5.67. The highest BCUT2D eigenvalue weighted by Gasteiger charge is 2.34. The van der Waals surface area contributed by atoms with E-state index in [0.29, 0.717) is 24.8 Å². The van der Waals surface area contributed by atoms with Crippen LogP contribution in [0.2, 0.25) is 0 Å². The van der Waals surface area contributed by atoms with Gasteiger partial charge in [-0.2, -0.15) is 5.10 Å². The first kappa shape index (κ1) is 18.2. The summed E-state index contributed by atoms with van der Waals surface area (Å²) in [4.78, 5) is 26.2. The number of furan rings is 1. The van der Waals surface area contributed by atoms with Gasteiger partial charge in [0.1, 0.15) is 5.76 Å². The lowest BCUT2D eigenvalue weighted by molar-refractivity contribution is -0.129. The standard InChI is InChI=1S/C20H25N3O3/c1-13(2)15-7-6-14(3)18(9-15)21-22-20(25)16-10-19(24)23(11-16)12-17-5-4-8-26-17/h4-6,8,15-16H,1,7,9-12H2,2-3H3,(H,22,25)/b21-18+. The van der Waals surface area contributed by atoms with E-state index in [1.165, 1.54) is 0 Å². The molecule has 1 fully saturated rings. The Morgan fingerprint density at radius 1 is 1.42 bits per heavy atom. The number of carbonyl (C=O) groups excluding carboxylic acids is 2. The van der Waals surface area contributed by atoms with Gasteiger partial charge >= 0.3 is 0 Å². The highest BCUT2D eigenvalue weighted by molar-refractivity contribution is 6.01. The molecule has 6 nitrogen and oxygen atoms in total. The SMILES string of the molecule is C=C(C)C1CC=C(C)/C(=N/NC(=O)C2CC(=O)N(Cc3ccco3)C2)C1. The second kappa shape index (κ2) is 7.72. The minimum absolute atomic E-state index is 0.0368. The highest BCUT2D eigenvalue weighted by atomic mass is 16.3. The van der Waals surface area contributed by atoms with Crippen LogP contribution < -0.4 is 5.43 Å². The minimum Gasteiger partial charge on any atom is -0.467 e. The molecule has 138 valence electrons. The largest absolute Gasteiger partial charge is 0.467 e. The van der Waals surface area contributed by atoms with E-state index in [0.717, 1.165) is 29.7 Å². The summed E-state index contributed by atoms with van der Waals surface area (Å²) >= 11 is 0. The van der Waals surface area contributed by atoms with Gasteiger partial charge in [0.2, 0.25) is 11.8 Å². The summed E-state index contributed by atoms with van der Waals surface area (Å²) in [6, 6.07) is 3.61. The van der Waals surface area contributed by atoms with Crippen molar-refractivity contribution in [3.05, 3.63) is 48.0 Å². The zero-order chi connectivity index (χ0) is 18.7. The Hall–Kier alpha value is -2.63. The van der Waals surface area contributed by atoms with E-state index < -0.39 is 0 Å². The van der Waals surface area contributed by atoms with E-state index in [1.807, 2.05) is 19.9 Å². The molecular formula is C20H25N3O3. The van der Waals surface area contributed by atoms with E-state index in [2.05, 4.69) is 23.2 Å². The van der Waals surface area contributed by atoms with Crippen LogP contribution in [0.25, 0.3) is 0 Å². The lowest BCUT2D eigenvalue weighted by Crippen LogP contribution is -2.31. The molecule has 0 radical (unpaired) electrons. The highest BCUT2D eigenvalue weighted by Crippen LogP contribution is 2.26. The molecule has 0 saturated carbocycles. The second-order valence-corrected chi connectivity index (χ2v) is 7.16. The maximum Gasteiger partial charge on any atom is 0.245 e. The number of hydrogen-bond donors (Lipinski definition) is 1. The van der Waals surface area contributed by atoms with Crippen LogP contribution in [0.3, 0.4) is 0 Å². The Kier molecular flexibility index (Phi) is 5.40. The van der Waals surface area contributed by atoms with Gasteiger partial charge in [-0.25, -0.2) is 5.43 Å². The zero-order valence-corrected chi connectivity index (χ0v) is 15.3. The smallest absolute Gasteiger partial charge is 0.245 e. The molecule has 0 spiro atoms. The third kappa shape index (κ3) is 4.12. The molecule has 2 aliphatic rings. The van der Waals surface area contributed by atoms with Crippen molar-refractivity contribution in [3.63, 3.8) is 0 Å². The topological polar surface area (TPSA) is 74.9 Å². The van der Waals surface area contributed by atoms with Crippen molar-refractivity contribution in [1.29, 1.82) is 0 Å². The summed E-state index contributed by atoms with van der Waals surface area (Å²) in [5.74, 6) is 0.453. The minimum atomic E-state index is -0.383. The van der Waals surface area contributed by atoms with Crippen LogP contribution in [-0.4, -0.2) is 29.0 Å². The number of hydrazone groups is 1. The molecule has 2 unspecified atom stereocenters. The molecular weight excluding hydrogens is 330 g/mol. The number of hydrogen-bond acceptors (Lipinski definition) is 4. The maximum atomic E-state index is 12.4.